The first kappa shape index (κ1) is 17.7. The molecule has 4 heteroatoms. The molecular weight excluding hydrogens is 300 g/mol. The van der Waals surface area contributed by atoms with Gasteiger partial charge in [-0.2, -0.15) is 0 Å². The maximum absolute atomic E-state index is 12.5. The number of carbonyl (C=O) groups is 2. The number of carbonyl (C=O) groups excluding carboxylic acids is 2. The van der Waals surface area contributed by atoms with Gasteiger partial charge in [0.05, 0.1) is 6.04 Å². The molecule has 0 saturated carbocycles. The maximum Gasteiger partial charge on any atom is 0.251 e. The van der Waals surface area contributed by atoms with Gasteiger partial charge in [0.25, 0.3) is 5.91 Å². The van der Waals surface area contributed by atoms with Gasteiger partial charge in [-0.15, -0.1) is 0 Å². The molecule has 2 aromatic rings. The second-order valence-electron chi connectivity index (χ2n) is 5.83. The second kappa shape index (κ2) is 8.87. The molecule has 0 radical (unpaired) electrons. The molecule has 0 spiro atoms. The summed E-state index contributed by atoms with van der Waals surface area (Å²) in [6.07, 6.45) is 1.89. The van der Waals surface area contributed by atoms with Crippen molar-refractivity contribution in [1.82, 2.24) is 10.6 Å². The van der Waals surface area contributed by atoms with Crippen molar-refractivity contribution in [2.24, 2.45) is 0 Å². The lowest BCUT2D eigenvalue weighted by atomic mass is 10.0. The van der Waals surface area contributed by atoms with E-state index in [1.165, 1.54) is 6.92 Å². The molecule has 2 N–H and O–H groups in total. The Morgan fingerprint density at radius 3 is 2.25 bits per heavy atom. The average Bonchev–Trinajstić information content (AvgIpc) is 2.60. The van der Waals surface area contributed by atoms with E-state index in [0.29, 0.717) is 12.1 Å². The Labute approximate surface area is 143 Å². The zero-order chi connectivity index (χ0) is 17.4. The molecule has 24 heavy (non-hydrogen) atoms. The van der Waals surface area contributed by atoms with E-state index in [1.807, 2.05) is 42.5 Å². The minimum Gasteiger partial charge on any atom is -0.352 e. The van der Waals surface area contributed by atoms with Gasteiger partial charge < -0.3 is 10.6 Å². The van der Waals surface area contributed by atoms with E-state index >= 15 is 0 Å². The van der Waals surface area contributed by atoms with E-state index in [4.69, 9.17) is 0 Å². The highest BCUT2D eigenvalue weighted by Crippen LogP contribution is 2.19. The summed E-state index contributed by atoms with van der Waals surface area (Å²) in [5, 5.41) is 5.85. The molecule has 0 heterocycles. The molecule has 0 aliphatic carbocycles. The minimum absolute atomic E-state index is 0.0164. The van der Waals surface area contributed by atoms with Crippen molar-refractivity contribution < 1.29 is 9.59 Å². The van der Waals surface area contributed by atoms with Gasteiger partial charge in [-0.1, -0.05) is 55.8 Å². The molecule has 0 saturated heterocycles. The fourth-order valence-electron chi connectivity index (χ4n) is 2.54. The van der Waals surface area contributed by atoms with Crippen molar-refractivity contribution in [3.8, 4) is 0 Å². The molecule has 2 aromatic carbocycles. The Morgan fingerprint density at radius 2 is 1.67 bits per heavy atom. The lowest BCUT2D eigenvalue weighted by Crippen LogP contribution is -2.28. The van der Waals surface area contributed by atoms with Gasteiger partial charge in [-0.3, -0.25) is 9.59 Å². The molecule has 0 aromatic heterocycles. The zero-order valence-electron chi connectivity index (χ0n) is 14.2. The summed E-state index contributed by atoms with van der Waals surface area (Å²) in [5.41, 5.74) is 2.71. The molecule has 0 aliphatic rings. The van der Waals surface area contributed by atoms with E-state index in [1.54, 1.807) is 12.1 Å². The number of rotatable bonds is 7. The van der Waals surface area contributed by atoms with Gasteiger partial charge in [-0.25, -0.2) is 0 Å². The quantitative estimate of drug-likeness (QED) is 0.817. The van der Waals surface area contributed by atoms with Gasteiger partial charge in [0.15, 0.2) is 0 Å². The van der Waals surface area contributed by atoms with Crippen molar-refractivity contribution in [3.05, 3.63) is 71.3 Å². The van der Waals surface area contributed by atoms with Crippen LogP contribution in [0.4, 0.5) is 0 Å². The van der Waals surface area contributed by atoms with E-state index in [-0.39, 0.29) is 17.9 Å². The lowest BCUT2D eigenvalue weighted by Gasteiger charge is -2.18. The van der Waals surface area contributed by atoms with Gasteiger partial charge >= 0.3 is 0 Å². The zero-order valence-corrected chi connectivity index (χ0v) is 14.2. The molecule has 4 nitrogen and oxygen atoms in total. The van der Waals surface area contributed by atoms with Crippen LogP contribution in [-0.2, 0) is 11.3 Å². The van der Waals surface area contributed by atoms with Crippen molar-refractivity contribution >= 4 is 11.8 Å². The Balaban J connectivity index is 2.03. The van der Waals surface area contributed by atoms with Crippen molar-refractivity contribution in [2.75, 3.05) is 0 Å². The summed E-state index contributed by atoms with van der Waals surface area (Å²) < 4.78 is 0. The highest BCUT2D eigenvalue weighted by Gasteiger charge is 2.14. The third kappa shape index (κ3) is 5.23. The van der Waals surface area contributed by atoms with E-state index < -0.39 is 0 Å². The number of nitrogens with one attached hydrogen (secondary N) is 2. The Hall–Kier alpha value is -2.62. The van der Waals surface area contributed by atoms with Crippen molar-refractivity contribution in [1.29, 1.82) is 0 Å². The first-order chi connectivity index (χ1) is 11.6. The largest absolute Gasteiger partial charge is 0.352 e. The number of benzene rings is 2. The average molecular weight is 324 g/mol. The van der Waals surface area contributed by atoms with Crippen LogP contribution in [0.25, 0.3) is 0 Å². The first-order valence-electron chi connectivity index (χ1n) is 8.29. The molecule has 0 unspecified atom stereocenters. The van der Waals surface area contributed by atoms with Crippen LogP contribution >= 0.6 is 0 Å². The molecule has 0 aliphatic heterocycles. The van der Waals surface area contributed by atoms with E-state index in [0.717, 1.165) is 24.0 Å². The van der Waals surface area contributed by atoms with E-state index in [9.17, 15) is 9.59 Å². The number of hydrogen-bond donors (Lipinski definition) is 2. The Bertz CT molecular complexity index is 666. The summed E-state index contributed by atoms with van der Waals surface area (Å²) in [7, 11) is 0. The van der Waals surface area contributed by atoms with Crippen LogP contribution in [0.2, 0.25) is 0 Å². The van der Waals surface area contributed by atoms with Crippen LogP contribution < -0.4 is 10.6 Å². The molecule has 2 rings (SSSR count). The third-order valence-corrected chi connectivity index (χ3v) is 3.84. The highest BCUT2D eigenvalue weighted by atomic mass is 16.2. The molecule has 0 bridgehead atoms. The second-order valence-corrected chi connectivity index (χ2v) is 5.83. The third-order valence-electron chi connectivity index (χ3n) is 3.84. The summed E-state index contributed by atoms with van der Waals surface area (Å²) in [4.78, 5) is 23.4. The van der Waals surface area contributed by atoms with Crippen LogP contribution in [0.1, 0.15) is 54.2 Å². The standard InChI is InChI=1S/C20H24N2O2/c1-3-7-19(17-8-5-4-6-9-17)22-20(24)18-12-10-16(11-13-18)14-21-15(2)23/h4-6,8-13,19H,3,7,14H2,1-2H3,(H,21,23)(H,22,24)/t19-/m0/s1. The number of hydrogen-bond acceptors (Lipinski definition) is 2. The molecule has 1 atom stereocenters. The summed E-state index contributed by atoms with van der Waals surface area (Å²) in [6.45, 7) is 4.07. The highest BCUT2D eigenvalue weighted by molar-refractivity contribution is 5.94. The topological polar surface area (TPSA) is 58.2 Å². The summed E-state index contributed by atoms with van der Waals surface area (Å²) in [6, 6.07) is 17.4. The smallest absolute Gasteiger partial charge is 0.251 e. The molecule has 2 amide bonds. The SMILES string of the molecule is CCC[C@H](NC(=O)c1ccc(CNC(C)=O)cc1)c1ccccc1. The normalized spacial score (nSPS) is 11.6. The van der Waals surface area contributed by atoms with Crippen LogP contribution in [0, 0.1) is 0 Å². The fourth-order valence-corrected chi connectivity index (χ4v) is 2.54. The van der Waals surface area contributed by atoms with Crippen LogP contribution in [0.3, 0.4) is 0 Å². The monoisotopic (exact) mass is 324 g/mol. The fraction of sp³-hybridized carbons (Fsp3) is 0.300. The van der Waals surface area contributed by atoms with Crippen LogP contribution in [-0.4, -0.2) is 11.8 Å². The van der Waals surface area contributed by atoms with E-state index in [2.05, 4.69) is 17.6 Å². The number of amides is 2. The Morgan fingerprint density at radius 1 is 1.00 bits per heavy atom. The summed E-state index contributed by atoms with van der Waals surface area (Å²) >= 11 is 0. The minimum atomic E-state index is -0.0802. The maximum atomic E-state index is 12.5. The van der Waals surface area contributed by atoms with Gasteiger partial charge in [0.1, 0.15) is 0 Å². The molecule has 0 fully saturated rings. The summed E-state index contributed by atoms with van der Waals surface area (Å²) in [5.74, 6) is -0.148. The predicted octanol–water partition coefficient (Wildman–Crippen LogP) is 3.59. The molecule has 126 valence electrons. The van der Waals surface area contributed by atoms with Crippen molar-refractivity contribution in [3.63, 3.8) is 0 Å². The van der Waals surface area contributed by atoms with Gasteiger partial charge in [0.2, 0.25) is 5.91 Å². The van der Waals surface area contributed by atoms with Gasteiger partial charge in [0, 0.05) is 19.0 Å². The molecular formula is C20H24N2O2. The van der Waals surface area contributed by atoms with Gasteiger partial charge in [-0.05, 0) is 29.7 Å². The lowest BCUT2D eigenvalue weighted by molar-refractivity contribution is -0.119. The predicted molar refractivity (Wildman–Crippen MR) is 95.5 cm³/mol. The van der Waals surface area contributed by atoms with Crippen molar-refractivity contribution in [2.45, 2.75) is 39.3 Å². The Kier molecular flexibility index (Phi) is 6.55. The first-order valence-corrected chi connectivity index (χ1v) is 8.29. The van der Waals surface area contributed by atoms with Crippen LogP contribution in [0.15, 0.2) is 54.6 Å². The van der Waals surface area contributed by atoms with Crippen LogP contribution in [0.5, 0.6) is 0 Å².